The molecule has 2 N–H and O–H groups in total. The molecule has 0 aliphatic heterocycles. The van der Waals surface area contributed by atoms with Gasteiger partial charge in [-0.15, -0.1) is 0 Å². The Morgan fingerprint density at radius 1 is 0.787 bits per heavy atom. The van der Waals surface area contributed by atoms with E-state index in [4.69, 9.17) is 16.3 Å². The van der Waals surface area contributed by atoms with Gasteiger partial charge in [-0.25, -0.2) is 4.98 Å². The van der Waals surface area contributed by atoms with Gasteiger partial charge in [0.2, 0.25) is 11.8 Å². The first-order chi connectivity index (χ1) is 22.7. The van der Waals surface area contributed by atoms with Crippen LogP contribution in [0.1, 0.15) is 34.3 Å². The number of benzene rings is 4. The lowest BCUT2D eigenvalue weighted by atomic mass is 9.73. The molecular formula is C37H29ClF3N3O3. The molecule has 4 aromatic carbocycles. The quantitative estimate of drug-likeness (QED) is 0.148. The van der Waals surface area contributed by atoms with E-state index in [0.29, 0.717) is 39.7 Å². The monoisotopic (exact) mass is 655 g/mol. The second kappa shape index (κ2) is 13.3. The molecule has 0 spiro atoms. The SMILES string of the molecule is O=C(Nc1ccc(OCCCC2(C(=O)NCC(F)(F)F)c3ccccc3-c3ccccc32)nc1)c1ccccc1-c1ccc(Cl)cc1. The zero-order valence-corrected chi connectivity index (χ0v) is 25.7. The maximum atomic E-state index is 13.6. The number of halogens is 4. The Hall–Kier alpha value is -5.15. The minimum Gasteiger partial charge on any atom is -0.478 e. The van der Waals surface area contributed by atoms with Crippen molar-refractivity contribution in [2.75, 3.05) is 18.5 Å². The van der Waals surface area contributed by atoms with Crippen LogP contribution in [-0.2, 0) is 10.2 Å². The van der Waals surface area contributed by atoms with Crippen LogP contribution in [-0.4, -0.2) is 36.1 Å². The molecule has 1 aliphatic rings. The number of fused-ring (bicyclic) bond motifs is 3. The van der Waals surface area contributed by atoms with Crippen molar-refractivity contribution in [2.24, 2.45) is 0 Å². The number of amides is 2. The third-order valence-corrected chi connectivity index (χ3v) is 8.42. The first-order valence-corrected chi connectivity index (χ1v) is 15.3. The largest absolute Gasteiger partial charge is 0.478 e. The molecule has 1 heterocycles. The smallest absolute Gasteiger partial charge is 0.405 e. The molecule has 0 saturated carbocycles. The summed E-state index contributed by atoms with van der Waals surface area (Å²) in [4.78, 5) is 31.1. The van der Waals surface area contributed by atoms with E-state index in [2.05, 4.69) is 15.6 Å². The van der Waals surface area contributed by atoms with Gasteiger partial charge < -0.3 is 15.4 Å². The minimum absolute atomic E-state index is 0.159. The summed E-state index contributed by atoms with van der Waals surface area (Å²) in [6.45, 7) is -1.26. The van der Waals surface area contributed by atoms with Gasteiger partial charge in [-0.05, 0) is 70.5 Å². The number of nitrogens with zero attached hydrogens (tertiary/aromatic N) is 1. The van der Waals surface area contributed by atoms with Gasteiger partial charge in [0.25, 0.3) is 5.91 Å². The molecule has 0 fully saturated rings. The zero-order chi connectivity index (χ0) is 33.0. The number of carbonyl (C=O) groups excluding carboxylic acids is 2. The van der Waals surface area contributed by atoms with Crippen molar-refractivity contribution in [1.29, 1.82) is 0 Å². The number of nitrogens with one attached hydrogen (secondary N) is 2. The van der Waals surface area contributed by atoms with Crippen LogP contribution in [0.5, 0.6) is 5.88 Å². The number of aromatic nitrogens is 1. The summed E-state index contributed by atoms with van der Waals surface area (Å²) in [7, 11) is 0. The van der Waals surface area contributed by atoms with Gasteiger partial charge in [-0.2, -0.15) is 13.2 Å². The number of hydrogen-bond acceptors (Lipinski definition) is 4. The highest BCUT2D eigenvalue weighted by Crippen LogP contribution is 2.51. The fourth-order valence-corrected chi connectivity index (χ4v) is 6.22. The normalized spacial score (nSPS) is 12.9. The highest BCUT2D eigenvalue weighted by Gasteiger charge is 2.49. The standard InChI is InChI=1S/C37H29ClF3N3O3/c38-25-16-14-24(15-17-25)27-8-1-2-11-30(27)34(45)44-26-18-19-33(42-22-26)47-21-7-20-36(35(46)43-23-37(39,40)41)31-12-5-3-9-28(31)29-10-4-6-13-32(29)36/h1-6,8-19,22H,7,20-21,23H2,(H,43,46)(H,44,45). The van der Waals surface area contributed by atoms with Gasteiger partial charge >= 0.3 is 6.18 Å². The van der Waals surface area contributed by atoms with E-state index >= 15 is 0 Å². The van der Waals surface area contributed by atoms with Crippen LogP contribution in [0.2, 0.25) is 5.02 Å². The highest BCUT2D eigenvalue weighted by atomic mass is 35.5. The van der Waals surface area contributed by atoms with E-state index < -0.39 is 24.0 Å². The zero-order valence-electron chi connectivity index (χ0n) is 25.0. The van der Waals surface area contributed by atoms with Gasteiger partial charge in [0.15, 0.2) is 0 Å². The van der Waals surface area contributed by atoms with Crippen LogP contribution < -0.4 is 15.4 Å². The number of anilines is 1. The number of ether oxygens (including phenoxy) is 1. The molecule has 6 rings (SSSR count). The number of rotatable bonds is 10. The first-order valence-electron chi connectivity index (χ1n) is 15.0. The molecule has 1 aliphatic carbocycles. The Labute approximate surface area is 274 Å². The van der Waals surface area contributed by atoms with Crippen LogP contribution in [0.3, 0.4) is 0 Å². The Balaban J connectivity index is 1.13. The summed E-state index contributed by atoms with van der Waals surface area (Å²) in [5.41, 5.74) is 4.21. The lowest BCUT2D eigenvalue weighted by molar-refractivity contribution is -0.141. The summed E-state index contributed by atoms with van der Waals surface area (Å²) >= 11 is 6.02. The van der Waals surface area contributed by atoms with Crippen molar-refractivity contribution >= 4 is 29.1 Å². The average Bonchev–Trinajstić information content (AvgIpc) is 3.37. The summed E-state index contributed by atoms with van der Waals surface area (Å²) in [5, 5.41) is 5.60. The topological polar surface area (TPSA) is 80.3 Å². The predicted octanol–water partition coefficient (Wildman–Crippen LogP) is 8.46. The van der Waals surface area contributed by atoms with Crippen molar-refractivity contribution in [1.82, 2.24) is 10.3 Å². The Morgan fingerprint density at radius 3 is 2.02 bits per heavy atom. The Kier molecular flexibility index (Phi) is 9.00. The van der Waals surface area contributed by atoms with Crippen molar-refractivity contribution in [3.05, 3.63) is 137 Å². The molecule has 0 atom stereocenters. The molecule has 0 radical (unpaired) electrons. The number of carbonyl (C=O) groups is 2. The lowest BCUT2D eigenvalue weighted by Crippen LogP contribution is -2.47. The molecule has 47 heavy (non-hydrogen) atoms. The molecule has 5 aromatic rings. The van der Waals surface area contributed by atoms with Crippen molar-refractivity contribution < 1.29 is 27.5 Å². The molecule has 0 bridgehead atoms. The van der Waals surface area contributed by atoms with E-state index in [-0.39, 0.29) is 18.9 Å². The van der Waals surface area contributed by atoms with Crippen molar-refractivity contribution in [3.8, 4) is 28.1 Å². The van der Waals surface area contributed by atoms with Crippen LogP contribution >= 0.6 is 11.6 Å². The van der Waals surface area contributed by atoms with Gasteiger partial charge in [-0.1, -0.05) is 90.5 Å². The van der Waals surface area contributed by atoms with Gasteiger partial charge in [0.1, 0.15) is 12.0 Å². The second-order valence-electron chi connectivity index (χ2n) is 11.1. The van der Waals surface area contributed by atoms with Crippen molar-refractivity contribution in [3.63, 3.8) is 0 Å². The molecule has 238 valence electrons. The highest BCUT2D eigenvalue weighted by molar-refractivity contribution is 6.30. The van der Waals surface area contributed by atoms with E-state index in [1.54, 1.807) is 60.7 Å². The van der Waals surface area contributed by atoms with Gasteiger partial charge in [0.05, 0.1) is 18.5 Å². The third kappa shape index (κ3) is 6.71. The lowest BCUT2D eigenvalue weighted by Gasteiger charge is -2.31. The van der Waals surface area contributed by atoms with Gasteiger partial charge in [0, 0.05) is 16.7 Å². The number of alkyl halides is 3. The third-order valence-electron chi connectivity index (χ3n) is 8.17. The molecule has 10 heteroatoms. The maximum absolute atomic E-state index is 13.6. The molecule has 1 aromatic heterocycles. The number of hydrogen-bond donors (Lipinski definition) is 2. The van der Waals surface area contributed by atoms with E-state index in [1.807, 2.05) is 48.5 Å². The molecule has 0 saturated heterocycles. The predicted molar refractivity (Wildman–Crippen MR) is 176 cm³/mol. The molecule has 0 unspecified atom stereocenters. The van der Waals surface area contributed by atoms with Gasteiger partial charge in [-0.3, -0.25) is 9.59 Å². The minimum atomic E-state index is -4.55. The summed E-state index contributed by atoms with van der Waals surface area (Å²) in [6.07, 6.45) is -2.50. The van der Waals surface area contributed by atoms with Crippen LogP contribution in [0.15, 0.2) is 115 Å². The molecule has 6 nitrogen and oxygen atoms in total. The average molecular weight is 656 g/mol. The molecular weight excluding hydrogens is 627 g/mol. The summed E-state index contributed by atoms with van der Waals surface area (Å²) in [5.74, 6) is -0.715. The van der Waals surface area contributed by atoms with Crippen LogP contribution in [0.4, 0.5) is 18.9 Å². The van der Waals surface area contributed by atoms with E-state index in [9.17, 15) is 22.8 Å². The summed E-state index contributed by atoms with van der Waals surface area (Å²) in [6, 6.07) is 32.4. The molecule has 2 amide bonds. The van der Waals surface area contributed by atoms with Crippen molar-refractivity contribution in [2.45, 2.75) is 24.4 Å². The fraction of sp³-hybridized carbons (Fsp3) is 0.162. The van der Waals surface area contributed by atoms with Crippen LogP contribution in [0, 0.1) is 0 Å². The summed E-state index contributed by atoms with van der Waals surface area (Å²) < 4.78 is 45.3. The number of pyridine rings is 1. The maximum Gasteiger partial charge on any atom is 0.405 e. The Morgan fingerprint density at radius 2 is 1.40 bits per heavy atom. The van der Waals surface area contributed by atoms with E-state index in [1.165, 1.54) is 6.20 Å². The first kappa shape index (κ1) is 31.8. The van der Waals surface area contributed by atoms with E-state index in [0.717, 1.165) is 22.3 Å². The second-order valence-corrected chi connectivity index (χ2v) is 11.6. The Bertz CT molecular complexity index is 1870. The van der Waals surface area contributed by atoms with Crippen LogP contribution in [0.25, 0.3) is 22.3 Å². The fourth-order valence-electron chi connectivity index (χ4n) is 6.10.